The first-order chi connectivity index (χ1) is 8.27. The Bertz CT molecular complexity index is 352. The molecule has 0 aliphatic carbocycles. The van der Waals surface area contributed by atoms with E-state index in [1.807, 2.05) is 12.1 Å². The molecule has 0 aliphatic rings. The molecule has 0 saturated carbocycles. The van der Waals surface area contributed by atoms with Crippen LogP contribution < -0.4 is 10.6 Å². The molecule has 0 unspecified atom stereocenters. The first-order valence-electron chi connectivity index (χ1n) is 6.15. The normalized spacial score (nSPS) is 10.2. The monoisotopic (exact) mass is 235 g/mol. The summed E-state index contributed by atoms with van der Waals surface area (Å²) in [5, 5.41) is 5.95. The molecule has 0 aromatic carbocycles. The molecule has 0 saturated heterocycles. The van der Waals surface area contributed by atoms with E-state index in [-0.39, 0.29) is 5.91 Å². The summed E-state index contributed by atoms with van der Waals surface area (Å²) in [5.74, 6) is -0.134. The minimum atomic E-state index is -0.134. The summed E-state index contributed by atoms with van der Waals surface area (Å²) in [4.78, 5) is 15.4. The van der Waals surface area contributed by atoms with E-state index in [2.05, 4.69) is 22.5 Å². The number of hydrogen-bond donors (Lipinski definition) is 2. The lowest BCUT2D eigenvalue weighted by molar-refractivity contribution is 0.0958. The number of carbonyl (C=O) groups excluding carboxylic acids is 1. The predicted molar refractivity (Wildman–Crippen MR) is 69.1 cm³/mol. The van der Waals surface area contributed by atoms with Gasteiger partial charge in [-0.1, -0.05) is 13.3 Å². The summed E-state index contributed by atoms with van der Waals surface area (Å²) in [6, 6.07) is 3.80. The van der Waals surface area contributed by atoms with Crippen molar-refractivity contribution in [3.8, 4) is 0 Å². The van der Waals surface area contributed by atoms with Crippen molar-refractivity contribution in [2.45, 2.75) is 26.2 Å². The Morgan fingerprint density at radius 1 is 1.41 bits per heavy atom. The molecule has 0 atom stereocenters. The fraction of sp³-hybridized carbons (Fsp3) is 0.538. The summed E-state index contributed by atoms with van der Waals surface area (Å²) in [7, 11) is 1.61. The molecule has 0 spiro atoms. The van der Waals surface area contributed by atoms with E-state index < -0.39 is 0 Å². The highest BCUT2D eigenvalue weighted by atomic mass is 16.1. The van der Waals surface area contributed by atoms with E-state index in [4.69, 9.17) is 0 Å². The fourth-order valence-electron chi connectivity index (χ4n) is 1.54. The maximum absolute atomic E-state index is 11.4. The topological polar surface area (TPSA) is 54.0 Å². The Morgan fingerprint density at radius 3 is 2.94 bits per heavy atom. The summed E-state index contributed by atoms with van der Waals surface area (Å²) in [6.07, 6.45) is 5.03. The van der Waals surface area contributed by atoms with Crippen LogP contribution in [0.15, 0.2) is 18.3 Å². The second kappa shape index (κ2) is 7.79. The highest BCUT2D eigenvalue weighted by molar-refractivity contribution is 5.92. The fourth-order valence-corrected chi connectivity index (χ4v) is 1.54. The van der Waals surface area contributed by atoms with Gasteiger partial charge in [-0.15, -0.1) is 0 Å². The Labute approximate surface area is 103 Å². The van der Waals surface area contributed by atoms with Gasteiger partial charge >= 0.3 is 0 Å². The summed E-state index contributed by atoms with van der Waals surface area (Å²) in [6.45, 7) is 4.18. The first-order valence-corrected chi connectivity index (χ1v) is 6.15. The molecule has 4 heteroatoms. The summed E-state index contributed by atoms with van der Waals surface area (Å²) in [5.41, 5.74) is 1.63. The lowest BCUT2D eigenvalue weighted by Gasteiger charge is -2.05. The van der Waals surface area contributed by atoms with Crippen molar-refractivity contribution in [1.82, 2.24) is 15.6 Å². The lowest BCUT2D eigenvalue weighted by atomic mass is 10.1. The summed E-state index contributed by atoms with van der Waals surface area (Å²) < 4.78 is 0. The van der Waals surface area contributed by atoms with Crippen molar-refractivity contribution in [2.75, 3.05) is 20.1 Å². The zero-order valence-electron chi connectivity index (χ0n) is 10.6. The van der Waals surface area contributed by atoms with Crippen LogP contribution in [0.5, 0.6) is 0 Å². The van der Waals surface area contributed by atoms with E-state index in [0.29, 0.717) is 5.69 Å². The van der Waals surface area contributed by atoms with E-state index in [0.717, 1.165) is 25.1 Å². The number of nitrogens with one attached hydrogen (secondary N) is 2. The molecule has 94 valence electrons. The Kier molecular flexibility index (Phi) is 6.25. The van der Waals surface area contributed by atoms with Gasteiger partial charge in [0.2, 0.25) is 0 Å². The number of nitrogens with zero attached hydrogens (tertiary/aromatic N) is 1. The summed E-state index contributed by atoms with van der Waals surface area (Å²) >= 11 is 0. The number of hydrogen-bond acceptors (Lipinski definition) is 3. The van der Waals surface area contributed by atoms with Crippen LogP contribution in [0.25, 0.3) is 0 Å². The average molecular weight is 235 g/mol. The second-order valence-corrected chi connectivity index (χ2v) is 3.98. The van der Waals surface area contributed by atoms with Crippen LogP contribution in [0.2, 0.25) is 0 Å². The van der Waals surface area contributed by atoms with E-state index in [9.17, 15) is 4.79 Å². The van der Waals surface area contributed by atoms with Gasteiger partial charge in [-0.3, -0.25) is 9.78 Å². The molecule has 0 aliphatic heterocycles. The SMILES string of the molecule is CCCCNCCc1ccnc(C(=O)NC)c1. The Hall–Kier alpha value is -1.42. The van der Waals surface area contributed by atoms with Crippen LogP contribution in [0.1, 0.15) is 35.8 Å². The van der Waals surface area contributed by atoms with Gasteiger partial charge in [0.05, 0.1) is 0 Å². The average Bonchev–Trinajstić information content (AvgIpc) is 2.38. The van der Waals surface area contributed by atoms with E-state index in [1.165, 1.54) is 12.8 Å². The highest BCUT2D eigenvalue weighted by Gasteiger charge is 2.04. The number of carbonyl (C=O) groups is 1. The van der Waals surface area contributed by atoms with Gasteiger partial charge in [-0.2, -0.15) is 0 Å². The Balaban J connectivity index is 2.40. The van der Waals surface area contributed by atoms with Gasteiger partial charge in [0.15, 0.2) is 0 Å². The van der Waals surface area contributed by atoms with Crippen molar-refractivity contribution in [3.05, 3.63) is 29.6 Å². The first kappa shape index (κ1) is 13.6. The molecule has 17 heavy (non-hydrogen) atoms. The third kappa shape index (κ3) is 4.95. The highest BCUT2D eigenvalue weighted by Crippen LogP contribution is 2.02. The minimum Gasteiger partial charge on any atom is -0.354 e. The zero-order chi connectivity index (χ0) is 12.5. The van der Waals surface area contributed by atoms with Crippen LogP contribution >= 0.6 is 0 Å². The van der Waals surface area contributed by atoms with Gasteiger partial charge < -0.3 is 10.6 Å². The van der Waals surface area contributed by atoms with Gasteiger partial charge in [0.1, 0.15) is 5.69 Å². The molecule has 1 amide bonds. The standard InChI is InChI=1S/C13H21N3O/c1-3-4-7-15-8-5-11-6-9-16-12(10-11)13(17)14-2/h6,9-10,15H,3-5,7-8H2,1-2H3,(H,14,17). The number of amides is 1. The third-order valence-electron chi connectivity index (χ3n) is 2.58. The lowest BCUT2D eigenvalue weighted by Crippen LogP contribution is -2.20. The molecule has 1 heterocycles. The van der Waals surface area contributed by atoms with Gasteiger partial charge in [0, 0.05) is 13.2 Å². The molecule has 0 radical (unpaired) electrons. The molecule has 0 fully saturated rings. The maximum atomic E-state index is 11.4. The predicted octanol–water partition coefficient (Wildman–Crippen LogP) is 1.37. The van der Waals surface area contributed by atoms with Crippen LogP contribution in [-0.4, -0.2) is 31.0 Å². The van der Waals surface area contributed by atoms with Crippen molar-refractivity contribution in [2.24, 2.45) is 0 Å². The van der Waals surface area contributed by atoms with Gasteiger partial charge in [-0.05, 0) is 43.6 Å². The van der Waals surface area contributed by atoms with E-state index in [1.54, 1.807) is 13.2 Å². The number of rotatable bonds is 7. The molecule has 1 aromatic rings. The molecule has 4 nitrogen and oxygen atoms in total. The quantitative estimate of drug-likeness (QED) is 0.702. The molecule has 2 N–H and O–H groups in total. The molecular formula is C13H21N3O. The van der Waals surface area contributed by atoms with Crippen LogP contribution in [0.3, 0.4) is 0 Å². The van der Waals surface area contributed by atoms with Crippen LogP contribution in [0, 0.1) is 0 Å². The molecular weight excluding hydrogens is 214 g/mol. The Morgan fingerprint density at radius 2 is 2.24 bits per heavy atom. The van der Waals surface area contributed by atoms with Crippen molar-refractivity contribution >= 4 is 5.91 Å². The second-order valence-electron chi connectivity index (χ2n) is 3.98. The van der Waals surface area contributed by atoms with Gasteiger partial charge in [-0.25, -0.2) is 0 Å². The number of aromatic nitrogens is 1. The van der Waals surface area contributed by atoms with Crippen molar-refractivity contribution < 1.29 is 4.79 Å². The zero-order valence-corrected chi connectivity index (χ0v) is 10.6. The smallest absolute Gasteiger partial charge is 0.269 e. The largest absolute Gasteiger partial charge is 0.354 e. The van der Waals surface area contributed by atoms with E-state index >= 15 is 0 Å². The number of unbranched alkanes of at least 4 members (excludes halogenated alkanes) is 1. The van der Waals surface area contributed by atoms with Crippen LogP contribution in [0.4, 0.5) is 0 Å². The van der Waals surface area contributed by atoms with Crippen molar-refractivity contribution in [3.63, 3.8) is 0 Å². The minimum absolute atomic E-state index is 0.134. The maximum Gasteiger partial charge on any atom is 0.269 e. The van der Waals surface area contributed by atoms with Crippen molar-refractivity contribution in [1.29, 1.82) is 0 Å². The molecule has 1 rings (SSSR count). The molecule has 1 aromatic heterocycles. The third-order valence-corrected chi connectivity index (χ3v) is 2.58. The number of pyridine rings is 1. The molecule has 0 bridgehead atoms. The van der Waals surface area contributed by atoms with Gasteiger partial charge in [0.25, 0.3) is 5.91 Å². The van der Waals surface area contributed by atoms with Crippen LogP contribution in [-0.2, 0) is 6.42 Å².